The topological polar surface area (TPSA) is 12.0 Å². The van der Waals surface area contributed by atoms with E-state index in [0.717, 1.165) is 12.1 Å². The Morgan fingerprint density at radius 2 is 1.75 bits per heavy atom. The van der Waals surface area contributed by atoms with Gasteiger partial charge >= 0.3 is 0 Å². The van der Waals surface area contributed by atoms with Gasteiger partial charge in [-0.2, -0.15) is 0 Å². The standard InChI is InChI=1S/C12H16Cl3N/c1-8(2)12(15)7-16-6-9-10(13)4-3-5-11(9)14/h3-5,8,12,16H,6-7H2,1-2H3. The van der Waals surface area contributed by atoms with Gasteiger partial charge in [-0.3, -0.25) is 0 Å². The predicted molar refractivity (Wildman–Crippen MR) is 72.6 cm³/mol. The van der Waals surface area contributed by atoms with Crippen LogP contribution in [0.15, 0.2) is 18.2 Å². The molecule has 4 heteroatoms. The van der Waals surface area contributed by atoms with Crippen molar-refractivity contribution in [3.8, 4) is 0 Å². The molecule has 1 aromatic rings. The summed E-state index contributed by atoms with van der Waals surface area (Å²) in [5.41, 5.74) is 0.929. The minimum absolute atomic E-state index is 0.126. The SMILES string of the molecule is CC(C)C(Cl)CNCc1c(Cl)cccc1Cl. The maximum atomic E-state index is 6.13. The van der Waals surface area contributed by atoms with Crippen LogP contribution in [0.1, 0.15) is 19.4 Å². The first-order valence-electron chi connectivity index (χ1n) is 5.30. The molecule has 1 nitrogen and oxygen atoms in total. The highest BCUT2D eigenvalue weighted by atomic mass is 35.5. The molecule has 0 saturated heterocycles. The summed E-state index contributed by atoms with van der Waals surface area (Å²) < 4.78 is 0. The van der Waals surface area contributed by atoms with Gasteiger partial charge < -0.3 is 5.32 Å². The Morgan fingerprint density at radius 1 is 1.19 bits per heavy atom. The summed E-state index contributed by atoms with van der Waals surface area (Å²) in [7, 11) is 0. The summed E-state index contributed by atoms with van der Waals surface area (Å²) in [6.07, 6.45) is 0. The second-order valence-electron chi connectivity index (χ2n) is 4.09. The zero-order chi connectivity index (χ0) is 12.1. The van der Waals surface area contributed by atoms with E-state index in [4.69, 9.17) is 34.8 Å². The zero-order valence-corrected chi connectivity index (χ0v) is 11.7. The van der Waals surface area contributed by atoms with Crippen molar-refractivity contribution in [3.05, 3.63) is 33.8 Å². The molecule has 0 aliphatic rings. The van der Waals surface area contributed by atoms with Crippen LogP contribution in [-0.4, -0.2) is 11.9 Å². The molecule has 0 saturated carbocycles. The number of nitrogens with one attached hydrogen (secondary N) is 1. The lowest BCUT2D eigenvalue weighted by molar-refractivity contribution is 0.546. The Bertz CT molecular complexity index is 319. The molecule has 0 aromatic heterocycles. The van der Waals surface area contributed by atoms with Crippen LogP contribution in [0.3, 0.4) is 0 Å². The summed E-state index contributed by atoms with van der Waals surface area (Å²) in [6.45, 7) is 5.60. The molecule has 0 bridgehead atoms. The number of alkyl halides is 1. The number of benzene rings is 1. The lowest BCUT2D eigenvalue weighted by Gasteiger charge is -2.15. The number of rotatable bonds is 5. The smallest absolute Gasteiger partial charge is 0.0483 e. The van der Waals surface area contributed by atoms with Crippen LogP contribution in [0.25, 0.3) is 0 Å². The van der Waals surface area contributed by atoms with Crippen LogP contribution in [-0.2, 0) is 6.54 Å². The molecule has 0 amide bonds. The molecule has 0 aliphatic heterocycles. The fraction of sp³-hybridized carbons (Fsp3) is 0.500. The lowest BCUT2D eigenvalue weighted by Crippen LogP contribution is -2.26. The van der Waals surface area contributed by atoms with Crippen LogP contribution >= 0.6 is 34.8 Å². The average Bonchev–Trinajstić information content (AvgIpc) is 2.22. The van der Waals surface area contributed by atoms with Gasteiger partial charge in [0, 0.05) is 34.1 Å². The first-order chi connectivity index (χ1) is 7.52. The molecule has 0 spiro atoms. The van der Waals surface area contributed by atoms with Gasteiger partial charge in [-0.05, 0) is 18.1 Å². The molecule has 0 heterocycles. The summed E-state index contributed by atoms with van der Waals surface area (Å²) in [4.78, 5) is 0. The van der Waals surface area contributed by atoms with Crippen LogP contribution in [0, 0.1) is 5.92 Å². The number of hydrogen-bond donors (Lipinski definition) is 1. The highest BCUT2D eigenvalue weighted by Gasteiger charge is 2.10. The summed E-state index contributed by atoms with van der Waals surface area (Å²) in [6, 6.07) is 5.52. The average molecular weight is 281 g/mol. The van der Waals surface area contributed by atoms with Gasteiger partial charge in [-0.25, -0.2) is 0 Å². The van der Waals surface area contributed by atoms with Gasteiger partial charge in [0.1, 0.15) is 0 Å². The second kappa shape index (κ2) is 6.70. The Kier molecular flexibility index (Phi) is 5.91. The van der Waals surface area contributed by atoms with Crippen LogP contribution < -0.4 is 5.32 Å². The predicted octanol–water partition coefficient (Wildman–Crippen LogP) is 4.35. The molecule has 90 valence electrons. The number of halogens is 3. The molecule has 0 aliphatic carbocycles. The van der Waals surface area contributed by atoms with Crippen molar-refractivity contribution < 1.29 is 0 Å². The normalized spacial score (nSPS) is 13.1. The summed E-state index contributed by atoms with van der Waals surface area (Å²) in [5, 5.41) is 4.77. The van der Waals surface area contributed by atoms with Crippen molar-refractivity contribution in [2.24, 2.45) is 5.92 Å². The Morgan fingerprint density at radius 3 is 2.25 bits per heavy atom. The van der Waals surface area contributed by atoms with Crippen molar-refractivity contribution in [3.63, 3.8) is 0 Å². The zero-order valence-electron chi connectivity index (χ0n) is 9.43. The first-order valence-corrected chi connectivity index (χ1v) is 6.49. The van der Waals surface area contributed by atoms with Gasteiger partial charge in [0.05, 0.1) is 0 Å². The molecule has 1 N–H and O–H groups in total. The van der Waals surface area contributed by atoms with Gasteiger partial charge in [-0.1, -0.05) is 43.1 Å². The van der Waals surface area contributed by atoms with Crippen molar-refractivity contribution in [1.82, 2.24) is 5.32 Å². The summed E-state index contributed by atoms with van der Waals surface area (Å²) >= 11 is 18.2. The highest BCUT2D eigenvalue weighted by molar-refractivity contribution is 6.35. The van der Waals surface area contributed by atoms with E-state index >= 15 is 0 Å². The van der Waals surface area contributed by atoms with Crippen molar-refractivity contribution >= 4 is 34.8 Å². The fourth-order valence-corrected chi connectivity index (χ4v) is 1.91. The molecule has 1 unspecified atom stereocenters. The quantitative estimate of drug-likeness (QED) is 0.791. The van der Waals surface area contributed by atoms with Crippen LogP contribution in [0.4, 0.5) is 0 Å². The maximum absolute atomic E-state index is 6.13. The van der Waals surface area contributed by atoms with E-state index in [-0.39, 0.29) is 5.38 Å². The van der Waals surface area contributed by atoms with Crippen LogP contribution in [0.2, 0.25) is 10.0 Å². The van der Waals surface area contributed by atoms with Crippen LogP contribution in [0.5, 0.6) is 0 Å². The van der Waals surface area contributed by atoms with Gasteiger partial charge in [0.2, 0.25) is 0 Å². The molecule has 16 heavy (non-hydrogen) atoms. The fourth-order valence-electron chi connectivity index (χ4n) is 1.27. The van der Waals surface area contributed by atoms with Crippen molar-refractivity contribution in [2.45, 2.75) is 25.8 Å². The molecule has 1 atom stereocenters. The van der Waals surface area contributed by atoms with Crippen molar-refractivity contribution in [1.29, 1.82) is 0 Å². The van der Waals surface area contributed by atoms with E-state index in [9.17, 15) is 0 Å². The third-order valence-electron chi connectivity index (χ3n) is 2.43. The van der Waals surface area contributed by atoms with E-state index in [0.29, 0.717) is 22.5 Å². The summed E-state index contributed by atoms with van der Waals surface area (Å²) in [5.74, 6) is 0.455. The van der Waals surface area contributed by atoms with Gasteiger partial charge in [0.15, 0.2) is 0 Å². The van der Waals surface area contributed by atoms with E-state index in [1.54, 1.807) is 0 Å². The third kappa shape index (κ3) is 4.14. The number of hydrogen-bond acceptors (Lipinski definition) is 1. The largest absolute Gasteiger partial charge is 0.311 e. The molecule has 0 fully saturated rings. The van der Waals surface area contributed by atoms with E-state index in [1.807, 2.05) is 18.2 Å². The Hall–Kier alpha value is 0.0500. The minimum Gasteiger partial charge on any atom is -0.311 e. The maximum Gasteiger partial charge on any atom is 0.0483 e. The highest BCUT2D eigenvalue weighted by Crippen LogP contribution is 2.23. The van der Waals surface area contributed by atoms with Gasteiger partial charge in [-0.15, -0.1) is 11.6 Å². The molecule has 1 aromatic carbocycles. The second-order valence-corrected chi connectivity index (χ2v) is 5.47. The monoisotopic (exact) mass is 279 g/mol. The minimum atomic E-state index is 0.126. The third-order valence-corrected chi connectivity index (χ3v) is 3.79. The Balaban J connectivity index is 2.49. The van der Waals surface area contributed by atoms with Gasteiger partial charge in [0.25, 0.3) is 0 Å². The molecule has 0 radical (unpaired) electrons. The molecule has 1 rings (SSSR count). The molecular weight excluding hydrogens is 264 g/mol. The lowest BCUT2D eigenvalue weighted by atomic mass is 10.1. The van der Waals surface area contributed by atoms with E-state index in [2.05, 4.69) is 19.2 Å². The molecular formula is C12H16Cl3N. The first kappa shape index (κ1) is 14.1. The Labute approximate surface area is 112 Å². The van der Waals surface area contributed by atoms with E-state index in [1.165, 1.54) is 0 Å². The van der Waals surface area contributed by atoms with E-state index < -0.39 is 0 Å². The van der Waals surface area contributed by atoms with Crippen molar-refractivity contribution in [2.75, 3.05) is 6.54 Å².